The molecule has 0 aromatic carbocycles. The predicted octanol–water partition coefficient (Wildman–Crippen LogP) is 2.17. The first-order valence-electron chi connectivity index (χ1n) is 6.62. The highest BCUT2D eigenvalue weighted by Gasteiger charge is 2.16. The van der Waals surface area contributed by atoms with Gasteiger partial charge >= 0.3 is 0 Å². The Labute approximate surface area is 111 Å². The van der Waals surface area contributed by atoms with Crippen molar-refractivity contribution >= 4 is 0 Å². The van der Waals surface area contributed by atoms with Crippen molar-refractivity contribution in [2.45, 2.75) is 25.8 Å². The molecule has 1 saturated heterocycles. The monoisotopic (exact) mass is 255 g/mol. The van der Waals surface area contributed by atoms with E-state index in [1.807, 2.05) is 25.4 Å². The van der Waals surface area contributed by atoms with Gasteiger partial charge in [-0.05, 0) is 49.6 Å². The lowest BCUT2D eigenvalue weighted by atomic mass is 10.0. The Morgan fingerprint density at radius 2 is 2.16 bits per heavy atom. The Kier molecular flexibility index (Phi) is 3.17. The van der Waals surface area contributed by atoms with Crippen molar-refractivity contribution < 1.29 is 0 Å². The van der Waals surface area contributed by atoms with Crippen LogP contribution in [0.2, 0.25) is 0 Å². The number of aromatic nitrogens is 2. The minimum Gasteiger partial charge on any atom is -0.328 e. The Morgan fingerprint density at radius 1 is 1.26 bits per heavy atom. The van der Waals surface area contributed by atoms with E-state index in [4.69, 9.17) is 0 Å². The van der Waals surface area contributed by atoms with Crippen LogP contribution in [0.1, 0.15) is 30.0 Å². The van der Waals surface area contributed by atoms with E-state index in [-0.39, 0.29) is 5.56 Å². The number of H-pyrrole nitrogens is 1. The van der Waals surface area contributed by atoms with Crippen molar-refractivity contribution in [1.82, 2.24) is 15.3 Å². The number of nitrogens with one attached hydrogen (secondary N) is 2. The topological polar surface area (TPSA) is 57.8 Å². The number of hydrogen-bond donors (Lipinski definition) is 2. The van der Waals surface area contributed by atoms with Gasteiger partial charge in [-0.15, -0.1) is 0 Å². The molecule has 4 heteroatoms. The molecular formula is C15H17N3O. The van der Waals surface area contributed by atoms with Gasteiger partial charge in [0.15, 0.2) is 0 Å². The molecule has 0 saturated carbocycles. The van der Waals surface area contributed by atoms with Gasteiger partial charge in [-0.25, -0.2) is 0 Å². The van der Waals surface area contributed by atoms with Crippen LogP contribution in [0.4, 0.5) is 0 Å². The van der Waals surface area contributed by atoms with Gasteiger partial charge in [0.2, 0.25) is 0 Å². The standard InChI is InChI=1S/C15H17N3O/c1-10-5-11(9-18-15(10)19)12-6-13(8-16-7-12)14-3-2-4-17-14/h5-9,14,17H,2-4H2,1H3,(H,18,19). The number of aromatic amines is 1. The molecule has 4 nitrogen and oxygen atoms in total. The molecule has 1 atom stereocenters. The lowest BCUT2D eigenvalue weighted by Gasteiger charge is -2.11. The molecule has 2 N–H and O–H groups in total. The molecule has 3 heterocycles. The molecule has 2 aromatic heterocycles. The number of nitrogens with zero attached hydrogens (tertiary/aromatic N) is 1. The first-order chi connectivity index (χ1) is 9.24. The summed E-state index contributed by atoms with van der Waals surface area (Å²) in [6.07, 6.45) is 7.89. The second-order valence-electron chi connectivity index (χ2n) is 5.06. The third kappa shape index (κ3) is 2.44. The average molecular weight is 255 g/mol. The summed E-state index contributed by atoms with van der Waals surface area (Å²) in [5.74, 6) is 0. The van der Waals surface area contributed by atoms with E-state index in [1.165, 1.54) is 12.0 Å². The van der Waals surface area contributed by atoms with Gasteiger partial charge in [-0.2, -0.15) is 0 Å². The van der Waals surface area contributed by atoms with E-state index in [1.54, 1.807) is 6.20 Å². The molecule has 0 aliphatic carbocycles. The van der Waals surface area contributed by atoms with Crippen molar-refractivity contribution in [2.24, 2.45) is 0 Å². The molecule has 2 aromatic rings. The molecule has 0 radical (unpaired) electrons. The minimum absolute atomic E-state index is 0.0367. The van der Waals surface area contributed by atoms with E-state index >= 15 is 0 Å². The van der Waals surface area contributed by atoms with Crippen LogP contribution in [0, 0.1) is 6.92 Å². The Balaban J connectivity index is 1.98. The molecule has 1 fully saturated rings. The smallest absolute Gasteiger partial charge is 0.250 e. The molecule has 1 aliphatic rings. The van der Waals surface area contributed by atoms with Gasteiger partial charge in [0.1, 0.15) is 0 Å². The van der Waals surface area contributed by atoms with Crippen molar-refractivity contribution in [1.29, 1.82) is 0 Å². The van der Waals surface area contributed by atoms with Crippen molar-refractivity contribution in [3.05, 3.63) is 52.2 Å². The summed E-state index contributed by atoms with van der Waals surface area (Å²) in [5, 5.41) is 3.47. The minimum atomic E-state index is -0.0367. The molecule has 1 unspecified atom stereocenters. The van der Waals surface area contributed by atoms with Crippen LogP contribution in [-0.2, 0) is 0 Å². The fourth-order valence-electron chi connectivity index (χ4n) is 2.54. The van der Waals surface area contributed by atoms with Gasteiger partial charge < -0.3 is 10.3 Å². The van der Waals surface area contributed by atoms with E-state index in [0.29, 0.717) is 6.04 Å². The maximum Gasteiger partial charge on any atom is 0.250 e. The number of aryl methyl sites for hydroxylation is 1. The average Bonchev–Trinajstić information content (AvgIpc) is 2.96. The highest BCUT2D eigenvalue weighted by atomic mass is 16.1. The predicted molar refractivity (Wildman–Crippen MR) is 75.0 cm³/mol. The van der Waals surface area contributed by atoms with E-state index in [0.717, 1.165) is 29.7 Å². The van der Waals surface area contributed by atoms with Crippen molar-refractivity contribution in [3.63, 3.8) is 0 Å². The van der Waals surface area contributed by atoms with Gasteiger partial charge in [0.05, 0.1) is 0 Å². The summed E-state index contributed by atoms with van der Waals surface area (Å²) in [5.41, 5.74) is 3.96. The maximum absolute atomic E-state index is 11.4. The van der Waals surface area contributed by atoms with Gasteiger partial charge in [0, 0.05) is 35.8 Å². The van der Waals surface area contributed by atoms with E-state index in [2.05, 4.69) is 21.4 Å². The molecule has 0 amide bonds. The third-order valence-electron chi connectivity index (χ3n) is 3.64. The molecule has 0 spiro atoms. The van der Waals surface area contributed by atoms with Crippen molar-refractivity contribution in [2.75, 3.05) is 6.54 Å². The lowest BCUT2D eigenvalue weighted by molar-refractivity contribution is 0.645. The molecule has 1 aliphatic heterocycles. The molecule has 19 heavy (non-hydrogen) atoms. The van der Waals surface area contributed by atoms with Crippen LogP contribution in [0.25, 0.3) is 11.1 Å². The zero-order chi connectivity index (χ0) is 13.2. The summed E-state index contributed by atoms with van der Waals surface area (Å²) < 4.78 is 0. The lowest BCUT2D eigenvalue weighted by Crippen LogP contribution is -2.13. The fraction of sp³-hybridized carbons (Fsp3) is 0.333. The summed E-state index contributed by atoms with van der Waals surface area (Å²) in [6.45, 7) is 2.89. The summed E-state index contributed by atoms with van der Waals surface area (Å²) >= 11 is 0. The Hall–Kier alpha value is -1.94. The van der Waals surface area contributed by atoms with Crippen LogP contribution in [0.3, 0.4) is 0 Å². The second-order valence-corrected chi connectivity index (χ2v) is 5.06. The first kappa shape index (κ1) is 12.1. The maximum atomic E-state index is 11.4. The highest BCUT2D eigenvalue weighted by Crippen LogP contribution is 2.26. The van der Waals surface area contributed by atoms with Crippen molar-refractivity contribution in [3.8, 4) is 11.1 Å². The Bertz CT molecular complexity index is 642. The highest BCUT2D eigenvalue weighted by molar-refractivity contribution is 5.62. The first-order valence-corrected chi connectivity index (χ1v) is 6.62. The zero-order valence-corrected chi connectivity index (χ0v) is 10.9. The molecular weight excluding hydrogens is 238 g/mol. The number of pyridine rings is 2. The number of rotatable bonds is 2. The fourth-order valence-corrected chi connectivity index (χ4v) is 2.54. The van der Waals surface area contributed by atoms with Crippen LogP contribution < -0.4 is 10.9 Å². The number of hydrogen-bond acceptors (Lipinski definition) is 3. The largest absolute Gasteiger partial charge is 0.328 e. The second kappa shape index (κ2) is 4.97. The summed E-state index contributed by atoms with van der Waals surface area (Å²) in [7, 11) is 0. The van der Waals surface area contributed by atoms with E-state index < -0.39 is 0 Å². The molecule has 0 bridgehead atoms. The molecule has 3 rings (SSSR count). The van der Waals surface area contributed by atoms with Gasteiger partial charge in [0.25, 0.3) is 5.56 Å². The summed E-state index contributed by atoms with van der Waals surface area (Å²) in [4.78, 5) is 18.5. The summed E-state index contributed by atoms with van der Waals surface area (Å²) in [6, 6.07) is 4.47. The van der Waals surface area contributed by atoms with Crippen LogP contribution in [-0.4, -0.2) is 16.5 Å². The van der Waals surface area contributed by atoms with Gasteiger partial charge in [-0.1, -0.05) is 0 Å². The van der Waals surface area contributed by atoms with Crippen LogP contribution >= 0.6 is 0 Å². The normalized spacial score (nSPS) is 18.7. The zero-order valence-electron chi connectivity index (χ0n) is 10.9. The third-order valence-corrected chi connectivity index (χ3v) is 3.64. The Morgan fingerprint density at radius 3 is 2.89 bits per heavy atom. The van der Waals surface area contributed by atoms with Gasteiger partial charge in [-0.3, -0.25) is 9.78 Å². The van der Waals surface area contributed by atoms with Crippen LogP contribution in [0.5, 0.6) is 0 Å². The molecule has 98 valence electrons. The quantitative estimate of drug-likeness (QED) is 0.864. The SMILES string of the molecule is Cc1cc(-c2cncc(C3CCCN3)c2)c[nH]c1=O. The van der Waals surface area contributed by atoms with E-state index in [9.17, 15) is 4.79 Å². The van der Waals surface area contributed by atoms with Crippen LogP contribution in [0.15, 0.2) is 35.5 Å².